The molecule has 94 valence electrons. The zero-order chi connectivity index (χ0) is 12.8. The molecule has 0 N–H and O–H groups in total. The molecule has 0 bridgehead atoms. The highest BCUT2D eigenvalue weighted by Gasteiger charge is 2.05. The van der Waals surface area contributed by atoms with E-state index in [1.807, 2.05) is 19.9 Å². The molecule has 0 heterocycles. The summed E-state index contributed by atoms with van der Waals surface area (Å²) in [6.07, 6.45) is 1.22. The van der Waals surface area contributed by atoms with E-state index >= 15 is 0 Å². The number of carbonyl (C=O) groups is 1. The third kappa shape index (κ3) is 5.14. The molecule has 1 aromatic carbocycles. The Hall–Kier alpha value is -1.15. The summed E-state index contributed by atoms with van der Waals surface area (Å²) < 4.78 is 5.37. The van der Waals surface area contributed by atoms with Crippen LogP contribution in [0.5, 0.6) is 0 Å². The lowest BCUT2D eigenvalue weighted by Crippen LogP contribution is -2.10. The van der Waals surface area contributed by atoms with E-state index in [-0.39, 0.29) is 11.9 Å². The molecule has 2 heteroatoms. The SMILES string of the molecule is Cc1ccc(CC(=O)CCOC(C)C)cc1C. The first kappa shape index (κ1) is 13.9. The van der Waals surface area contributed by atoms with Crippen molar-refractivity contribution in [2.45, 2.75) is 46.6 Å². The molecule has 0 radical (unpaired) electrons. The largest absolute Gasteiger partial charge is 0.378 e. The molecule has 0 atom stereocenters. The first-order valence-corrected chi connectivity index (χ1v) is 6.18. The van der Waals surface area contributed by atoms with E-state index in [1.165, 1.54) is 11.1 Å². The quantitative estimate of drug-likeness (QED) is 0.755. The van der Waals surface area contributed by atoms with E-state index in [4.69, 9.17) is 4.74 Å². The molecular weight excluding hydrogens is 212 g/mol. The molecule has 0 aliphatic carbocycles. The van der Waals surface area contributed by atoms with Crippen LogP contribution < -0.4 is 0 Å². The van der Waals surface area contributed by atoms with Crippen LogP contribution in [0.15, 0.2) is 18.2 Å². The minimum Gasteiger partial charge on any atom is -0.378 e. The van der Waals surface area contributed by atoms with Gasteiger partial charge in [0.1, 0.15) is 5.78 Å². The summed E-state index contributed by atoms with van der Waals surface area (Å²) in [7, 11) is 0. The number of rotatable bonds is 6. The number of Topliss-reactive ketones (excluding diaryl/α,β-unsaturated/α-hetero) is 1. The van der Waals surface area contributed by atoms with Gasteiger partial charge in [0.05, 0.1) is 12.7 Å². The van der Waals surface area contributed by atoms with Gasteiger partial charge in [0.2, 0.25) is 0 Å². The maximum absolute atomic E-state index is 11.7. The van der Waals surface area contributed by atoms with Crippen LogP contribution in [-0.4, -0.2) is 18.5 Å². The average Bonchev–Trinajstić information content (AvgIpc) is 2.23. The van der Waals surface area contributed by atoms with Crippen molar-refractivity contribution >= 4 is 5.78 Å². The Balaban J connectivity index is 2.42. The molecule has 0 aromatic heterocycles. The summed E-state index contributed by atoms with van der Waals surface area (Å²) in [6.45, 7) is 8.64. The van der Waals surface area contributed by atoms with Crippen molar-refractivity contribution < 1.29 is 9.53 Å². The second-order valence-electron chi connectivity index (χ2n) is 4.80. The van der Waals surface area contributed by atoms with Crippen LogP contribution >= 0.6 is 0 Å². The fourth-order valence-electron chi connectivity index (χ4n) is 1.64. The number of ether oxygens (including phenoxy) is 1. The third-order valence-electron chi connectivity index (χ3n) is 2.80. The summed E-state index contributed by atoms with van der Waals surface area (Å²) in [5.41, 5.74) is 3.61. The molecule has 0 aliphatic heterocycles. The van der Waals surface area contributed by atoms with Gasteiger partial charge in [-0.1, -0.05) is 18.2 Å². The van der Waals surface area contributed by atoms with Crippen LogP contribution in [0.4, 0.5) is 0 Å². The second kappa shape index (κ2) is 6.55. The molecule has 1 rings (SSSR count). The Morgan fingerprint density at radius 3 is 2.53 bits per heavy atom. The summed E-state index contributed by atoms with van der Waals surface area (Å²) in [6, 6.07) is 6.20. The average molecular weight is 234 g/mol. The Morgan fingerprint density at radius 2 is 1.94 bits per heavy atom. The normalized spacial score (nSPS) is 10.9. The molecule has 0 spiro atoms. The predicted molar refractivity (Wildman–Crippen MR) is 70.3 cm³/mol. The Bertz CT molecular complexity index is 381. The zero-order valence-electron chi connectivity index (χ0n) is 11.2. The number of carbonyl (C=O) groups excluding carboxylic acids is 1. The number of hydrogen-bond acceptors (Lipinski definition) is 2. The highest BCUT2D eigenvalue weighted by molar-refractivity contribution is 5.81. The number of benzene rings is 1. The maximum atomic E-state index is 11.7. The van der Waals surface area contributed by atoms with Crippen molar-refractivity contribution in [3.05, 3.63) is 34.9 Å². The van der Waals surface area contributed by atoms with Gasteiger partial charge in [0.15, 0.2) is 0 Å². The maximum Gasteiger partial charge on any atom is 0.139 e. The van der Waals surface area contributed by atoms with E-state index in [2.05, 4.69) is 26.0 Å². The summed E-state index contributed by atoms with van der Waals surface area (Å²) in [5, 5.41) is 0. The molecular formula is C15H22O2. The highest BCUT2D eigenvalue weighted by atomic mass is 16.5. The van der Waals surface area contributed by atoms with Crippen LogP contribution in [0, 0.1) is 13.8 Å². The topological polar surface area (TPSA) is 26.3 Å². The van der Waals surface area contributed by atoms with E-state index < -0.39 is 0 Å². The first-order chi connectivity index (χ1) is 7.99. The zero-order valence-corrected chi connectivity index (χ0v) is 11.2. The molecule has 0 fully saturated rings. The summed E-state index contributed by atoms with van der Waals surface area (Å²) in [5.74, 6) is 0.244. The molecule has 2 nitrogen and oxygen atoms in total. The van der Waals surface area contributed by atoms with Crippen LogP contribution in [0.25, 0.3) is 0 Å². The monoisotopic (exact) mass is 234 g/mol. The lowest BCUT2D eigenvalue weighted by atomic mass is 10.0. The van der Waals surface area contributed by atoms with Gasteiger partial charge >= 0.3 is 0 Å². The minimum absolute atomic E-state index is 0.199. The lowest BCUT2D eigenvalue weighted by molar-refractivity contribution is -0.119. The van der Waals surface area contributed by atoms with Gasteiger partial charge in [-0.3, -0.25) is 4.79 Å². The lowest BCUT2D eigenvalue weighted by Gasteiger charge is -2.07. The van der Waals surface area contributed by atoms with Crippen LogP contribution in [0.3, 0.4) is 0 Å². The number of hydrogen-bond donors (Lipinski definition) is 0. The van der Waals surface area contributed by atoms with E-state index in [9.17, 15) is 4.79 Å². The van der Waals surface area contributed by atoms with Gasteiger partial charge in [0, 0.05) is 12.8 Å². The van der Waals surface area contributed by atoms with Crippen LogP contribution in [0.1, 0.15) is 37.0 Å². The van der Waals surface area contributed by atoms with Crippen LogP contribution in [-0.2, 0) is 16.0 Å². The summed E-state index contributed by atoms with van der Waals surface area (Å²) >= 11 is 0. The van der Waals surface area contributed by atoms with Gasteiger partial charge in [-0.05, 0) is 44.4 Å². The van der Waals surface area contributed by atoms with Crippen molar-refractivity contribution in [3.8, 4) is 0 Å². The Morgan fingerprint density at radius 1 is 1.24 bits per heavy atom. The Labute approximate surface area is 104 Å². The van der Waals surface area contributed by atoms with E-state index in [0.717, 1.165) is 5.56 Å². The van der Waals surface area contributed by atoms with Crippen molar-refractivity contribution in [3.63, 3.8) is 0 Å². The van der Waals surface area contributed by atoms with Gasteiger partial charge < -0.3 is 4.74 Å². The van der Waals surface area contributed by atoms with Gasteiger partial charge in [0.25, 0.3) is 0 Å². The van der Waals surface area contributed by atoms with Crippen molar-refractivity contribution in [2.75, 3.05) is 6.61 Å². The van der Waals surface area contributed by atoms with Crippen LogP contribution in [0.2, 0.25) is 0 Å². The molecule has 0 saturated carbocycles. The van der Waals surface area contributed by atoms with Crippen molar-refractivity contribution in [1.29, 1.82) is 0 Å². The molecule has 17 heavy (non-hydrogen) atoms. The van der Waals surface area contributed by atoms with Gasteiger partial charge in [-0.15, -0.1) is 0 Å². The van der Waals surface area contributed by atoms with Crippen molar-refractivity contribution in [1.82, 2.24) is 0 Å². The van der Waals surface area contributed by atoms with Crippen molar-refractivity contribution in [2.24, 2.45) is 0 Å². The summed E-state index contributed by atoms with van der Waals surface area (Å²) in [4.78, 5) is 11.7. The van der Waals surface area contributed by atoms with E-state index in [0.29, 0.717) is 19.4 Å². The molecule has 0 amide bonds. The minimum atomic E-state index is 0.199. The fraction of sp³-hybridized carbons (Fsp3) is 0.533. The standard InChI is InChI=1S/C15H22O2/c1-11(2)17-8-7-15(16)10-14-6-5-12(3)13(4)9-14/h5-6,9,11H,7-8,10H2,1-4H3. The van der Waals surface area contributed by atoms with Gasteiger partial charge in [-0.25, -0.2) is 0 Å². The predicted octanol–water partition coefficient (Wildman–Crippen LogP) is 3.23. The van der Waals surface area contributed by atoms with Gasteiger partial charge in [-0.2, -0.15) is 0 Å². The first-order valence-electron chi connectivity index (χ1n) is 6.18. The number of ketones is 1. The molecule has 0 aliphatic rings. The Kier molecular flexibility index (Phi) is 5.36. The molecule has 1 aromatic rings. The fourth-order valence-corrected chi connectivity index (χ4v) is 1.64. The third-order valence-corrected chi connectivity index (χ3v) is 2.80. The molecule has 0 unspecified atom stereocenters. The second-order valence-corrected chi connectivity index (χ2v) is 4.80. The van der Waals surface area contributed by atoms with E-state index in [1.54, 1.807) is 0 Å². The smallest absolute Gasteiger partial charge is 0.139 e. The highest BCUT2D eigenvalue weighted by Crippen LogP contribution is 2.11. The number of aryl methyl sites for hydroxylation is 2. The molecule has 0 saturated heterocycles.